The predicted octanol–water partition coefficient (Wildman–Crippen LogP) is 3.88. The fourth-order valence-corrected chi connectivity index (χ4v) is 5.31. The van der Waals surface area contributed by atoms with Crippen molar-refractivity contribution in [2.75, 3.05) is 23.5 Å². The number of anilines is 2. The molecule has 0 saturated heterocycles. The molecular weight excluding hydrogens is 504 g/mol. The van der Waals surface area contributed by atoms with Gasteiger partial charge >= 0.3 is 0 Å². The van der Waals surface area contributed by atoms with Crippen LogP contribution in [0.3, 0.4) is 0 Å². The lowest BCUT2D eigenvalue weighted by molar-refractivity contribution is -0.117. The highest BCUT2D eigenvalue weighted by Crippen LogP contribution is 2.34. The van der Waals surface area contributed by atoms with E-state index in [-0.39, 0.29) is 29.8 Å². The number of hydrogen-bond donors (Lipinski definition) is 2. The van der Waals surface area contributed by atoms with E-state index in [0.717, 1.165) is 5.69 Å². The monoisotopic (exact) mass is 524 g/mol. The van der Waals surface area contributed by atoms with Crippen molar-refractivity contribution in [3.05, 3.63) is 64.0 Å². The number of aromatic nitrogens is 4. The SMILES string of the molecule is COc1ccc(NC(C)=O)cc1NC(=O)CC1CSc2nc3c(cnn3-c3ccc(Cl)cc3)c(=O)n21. The van der Waals surface area contributed by atoms with Gasteiger partial charge in [-0.25, -0.2) is 9.67 Å². The lowest BCUT2D eigenvalue weighted by atomic mass is 10.2. The van der Waals surface area contributed by atoms with Crippen molar-refractivity contribution in [1.29, 1.82) is 0 Å². The molecule has 4 aromatic rings. The molecule has 1 aliphatic heterocycles. The lowest BCUT2D eigenvalue weighted by Gasteiger charge is -2.15. The largest absolute Gasteiger partial charge is 0.495 e. The molecule has 2 aromatic carbocycles. The molecule has 0 spiro atoms. The number of rotatable bonds is 6. The number of ether oxygens (including phenoxy) is 1. The van der Waals surface area contributed by atoms with Crippen molar-refractivity contribution in [2.45, 2.75) is 24.5 Å². The van der Waals surface area contributed by atoms with Crippen molar-refractivity contribution >= 4 is 57.6 Å². The molecule has 36 heavy (non-hydrogen) atoms. The number of fused-ring (bicyclic) bond motifs is 2. The zero-order valence-corrected chi connectivity index (χ0v) is 20.9. The Bertz CT molecular complexity index is 1550. The highest BCUT2D eigenvalue weighted by atomic mass is 35.5. The maximum absolute atomic E-state index is 13.4. The van der Waals surface area contributed by atoms with E-state index in [1.54, 1.807) is 51.7 Å². The van der Waals surface area contributed by atoms with Crippen molar-refractivity contribution in [1.82, 2.24) is 19.3 Å². The third-order valence-corrected chi connectivity index (χ3v) is 7.01. The summed E-state index contributed by atoms with van der Waals surface area (Å²) in [5, 5.41) is 11.4. The van der Waals surface area contributed by atoms with Gasteiger partial charge in [-0.2, -0.15) is 5.10 Å². The molecule has 0 fully saturated rings. The van der Waals surface area contributed by atoms with Gasteiger partial charge in [-0.15, -0.1) is 0 Å². The van der Waals surface area contributed by atoms with E-state index in [1.807, 2.05) is 0 Å². The summed E-state index contributed by atoms with van der Waals surface area (Å²) in [5.74, 6) is 0.457. The average Bonchev–Trinajstić information content (AvgIpc) is 3.44. The van der Waals surface area contributed by atoms with Crippen LogP contribution in [-0.4, -0.2) is 44.0 Å². The summed E-state index contributed by atoms with van der Waals surface area (Å²) in [7, 11) is 1.49. The molecule has 2 aromatic heterocycles. The van der Waals surface area contributed by atoms with E-state index in [2.05, 4.69) is 20.7 Å². The Hall–Kier alpha value is -3.83. The molecule has 2 amide bonds. The van der Waals surface area contributed by atoms with Crippen LogP contribution in [0.25, 0.3) is 16.7 Å². The van der Waals surface area contributed by atoms with Gasteiger partial charge in [0.15, 0.2) is 10.8 Å². The van der Waals surface area contributed by atoms with Crippen LogP contribution >= 0.6 is 23.4 Å². The van der Waals surface area contributed by atoms with Gasteiger partial charge in [0.25, 0.3) is 5.56 Å². The Labute approximate surface area is 214 Å². The molecule has 0 aliphatic carbocycles. The molecule has 5 rings (SSSR count). The zero-order chi connectivity index (χ0) is 25.4. The van der Waals surface area contributed by atoms with Crippen LogP contribution in [-0.2, 0) is 9.59 Å². The topological polar surface area (TPSA) is 120 Å². The Kier molecular flexibility index (Phi) is 6.42. The van der Waals surface area contributed by atoms with Gasteiger partial charge in [-0.05, 0) is 42.5 Å². The zero-order valence-electron chi connectivity index (χ0n) is 19.3. The maximum Gasteiger partial charge on any atom is 0.265 e. The molecular formula is C24H21ClN6O4S. The highest BCUT2D eigenvalue weighted by Gasteiger charge is 2.30. The van der Waals surface area contributed by atoms with Crippen LogP contribution in [0.15, 0.2) is 58.6 Å². The van der Waals surface area contributed by atoms with E-state index in [1.165, 1.54) is 32.0 Å². The van der Waals surface area contributed by atoms with Gasteiger partial charge < -0.3 is 15.4 Å². The first kappa shape index (κ1) is 23.9. The normalized spacial score (nSPS) is 14.5. The first-order valence-corrected chi connectivity index (χ1v) is 12.3. The third kappa shape index (κ3) is 4.54. The second kappa shape index (κ2) is 9.67. The highest BCUT2D eigenvalue weighted by molar-refractivity contribution is 7.99. The van der Waals surface area contributed by atoms with Gasteiger partial charge in [-0.1, -0.05) is 23.4 Å². The molecule has 0 radical (unpaired) electrons. The minimum atomic E-state index is -0.377. The van der Waals surface area contributed by atoms with Gasteiger partial charge in [0.1, 0.15) is 11.1 Å². The number of benzene rings is 2. The molecule has 1 atom stereocenters. The van der Waals surface area contributed by atoms with Crippen LogP contribution in [0, 0.1) is 0 Å². The number of hydrogen-bond acceptors (Lipinski definition) is 7. The van der Waals surface area contributed by atoms with Crippen LogP contribution in [0.4, 0.5) is 11.4 Å². The number of carbonyl (C=O) groups is 2. The minimum Gasteiger partial charge on any atom is -0.495 e. The number of thioether (sulfide) groups is 1. The van der Waals surface area contributed by atoms with Crippen molar-refractivity contribution in [3.8, 4) is 11.4 Å². The quantitative estimate of drug-likeness (QED) is 0.367. The molecule has 0 bridgehead atoms. The Morgan fingerprint density at radius 1 is 1.19 bits per heavy atom. The number of nitrogens with one attached hydrogen (secondary N) is 2. The molecule has 184 valence electrons. The Morgan fingerprint density at radius 2 is 1.97 bits per heavy atom. The van der Waals surface area contributed by atoms with Crippen molar-refractivity contribution in [3.63, 3.8) is 0 Å². The fraction of sp³-hybridized carbons (Fsp3) is 0.208. The maximum atomic E-state index is 13.4. The van der Waals surface area contributed by atoms with Crippen LogP contribution < -0.4 is 20.9 Å². The molecule has 10 nitrogen and oxygen atoms in total. The summed E-state index contributed by atoms with van der Waals surface area (Å²) >= 11 is 7.41. The summed E-state index contributed by atoms with van der Waals surface area (Å²) in [4.78, 5) is 42.4. The van der Waals surface area contributed by atoms with E-state index >= 15 is 0 Å². The first-order valence-electron chi connectivity index (χ1n) is 11.0. The van der Waals surface area contributed by atoms with E-state index < -0.39 is 0 Å². The van der Waals surface area contributed by atoms with E-state index in [0.29, 0.717) is 44.1 Å². The van der Waals surface area contributed by atoms with Crippen molar-refractivity contribution < 1.29 is 14.3 Å². The van der Waals surface area contributed by atoms with E-state index in [4.69, 9.17) is 16.3 Å². The van der Waals surface area contributed by atoms with Crippen LogP contribution in [0.1, 0.15) is 19.4 Å². The second-order valence-electron chi connectivity index (χ2n) is 8.15. The molecule has 3 heterocycles. The summed E-state index contributed by atoms with van der Waals surface area (Å²) in [6.07, 6.45) is 1.55. The first-order chi connectivity index (χ1) is 17.3. The number of methoxy groups -OCH3 is 1. The van der Waals surface area contributed by atoms with E-state index in [9.17, 15) is 14.4 Å². The number of nitrogens with zero attached hydrogens (tertiary/aromatic N) is 4. The van der Waals surface area contributed by atoms with Crippen LogP contribution in [0.5, 0.6) is 5.75 Å². The molecule has 1 aliphatic rings. The molecule has 12 heteroatoms. The van der Waals surface area contributed by atoms with Crippen LogP contribution in [0.2, 0.25) is 5.02 Å². The Morgan fingerprint density at radius 3 is 2.69 bits per heavy atom. The Balaban J connectivity index is 1.40. The van der Waals surface area contributed by atoms with Gasteiger partial charge in [-0.3, -0.25) is 19.0 Å². The van der Waals surface area contributed by atoms with Gasteiger partial charge in [0.05, 0.1) is 30.7 Å². The standard InChI is InChI=1S/C24H21ClN6O4S/c1-13(32)27-15-5-8-20(35-2)19(9-15)28-21(33)10-17-12-36-24-29-22-18(23(34)30(17)24)11-26-31(22)16-6-3-14(25)4-7-16/h3-9,11,17H,10,12H2,1-2H3,(H,27,32)(H,28,33). The lowest BCUT2D eigenvalue weighted by Crippen LogP contribution is -2.27. The van der Waals surface area contributed by atoms with Crippen molar-refractivity contribution in [2.24, 2.45) is 0 Å². The number of amides is 2. The van der Waals surface area contributed by atoms with Gasteiger partial charge in [0.2, 0.25) is 11.8 Å². The molecule has 0 saturated carbocycles. The smallest absolute Gasteiger partial charge is 0.265 e. The summed E-state index contributed by atoms with van der Waals surface area (Å²) in [6.45, 7) is 1.40. The fourth-order valence-electron chi connectivity index (χ4n) is 4.05. The minimum absolute atomic E-state index is 0.0614. The molecule has 1 unspecified atom stereocenters. The molecule has 2 N–H and O–H groups in total. The summed E-state index contributed by atoms with van der Waals surface area (Å²) < 4.78 is 8.49. The van der Waals surface area contributed by atoms with Gasteiger partial charge in [0, 0.05) is 29.8 Å². The predicted molar refractivity (Wildman–Crippen MR) is 138 cm³/mol. The number of carbonyl (C=O) groups excluding carboxylic acids is 2. The average molecular weight is 525 g/mol. The summed E-state index contributed by atoms with van der Waals surface area (Å²) in [6, 6.07) is 11.7. The summed E-state index contributed by atoms with van der Waals surface area (Å²) in [5.41, 5.74) is 1.89. The number of halogens is 1. The second-order valence-corrected chi connectivity index (χ2v) is 9.58. The third-order valence-electron chi connectivity index (χ3n) is 5.66.